The highest BCUT2D eigenvalue weighted by Gasteiger charge is 2.28. The second-order valence-electron chi connectivity index (χ2n) is 4.78. The Balaban J connectivity index is 3.28. The second kappa shape index (κ2) is 7.24. The number of halogens is 2. The van der Waals surface area contributed by atoms with Gasteiger partial charge in [0.05, 0.1) is 0 Å². The molecule has 0 radical (unpaired) electrons. The van der Waals surface area contributed by atoms with Crippen LogP contribution >= 0.6 is 31.9 Å². The number of hydrogen-bond acceptors (Lipinski definition) is 3. The van der Waals surface area contributed by atoms with Gasteiger partial charge < -0.3 is 5.73 Å². The smallest absolute Gasteiger partial charge is 0.245 e. The zero-order valence-corrected chi connectivity index (χ0v) is 15.8. The Bertz CT molecular complexity index is 553. The van der Waals surface area contributed by atoms with Crippen molar-refractivity contribution in [2.45, 2.75) is 32.1 Å². The molecule has 0 bridgehead atoms. The van der Waals surface area contributed by atoms with Crippen LogP contribution in [0.3, 0.4) is 0 Å². The first-order chi connectivity index (χ1) is 9.23. The van der Waals surface area contributed by atoms with Crippen LogP contribution in [0.2, 0.25) is 0 Å². The normalized spacial score (nSPS) is 13.7. The van der Waals surface area contributed by atoms with E-state index in [2.05, 4.69) is 38.8 Å². The molecule has 0 aliphatic heterocycles. The van der Waals surface area contributed by atoms with Crippen molar-refractivity contribution in [1.82, 2.24) is 4.31 Å². The van der Waals surface area contributed by atoms with Gasteiger partial charge >= 0.3 is 0 Å². The Morgan fingerprint density at radius 1 is 1.25 bits per heavy atom. The Morgan fingerprint density at radius 2 is 1.75 bits per heavy atom. The number of nitrogens with two attached hydrogens (primary N) is 1. The lowest BCUT2D eigenvalue weighted by Gasteiger charge is -2.24. The standard InChI is InChI=1S/C13H20Br2N2O2S/c1-4-9(3)8-17(5-2)20(18,19)13-11(14)6-10(16)7-12(13)15/h6-7,9H,4-5,8,16H2,1-3H3. The van der Waals surface area contributed by atoms with Crippen molar-refractivity contribution in [3.63, 3.8) is 0 Å². The minimum atomic E-state index is -3.55. The number of benzene rings is 1. The number of anilines is 1. The van der Waals surface area contributed by atoms with Gasteiger partial charge in [0.2, 0.25) is 10.0 Å². The largest absolute Gasteiger partial charge is 0.399 e. The lowest BCUT2D eigenvalue weighted by atomic mass is 10.1. The zero-order chi connectivity index (χ0) is 15.5. The summed E-state index contributed by atoms with van der Waals surface area (Å²) in [6.45, 7) is 6.90. The van der Waals surface area contributed by atoms with Gasteiger partial charge in [-0.25, -0.2) is 8.42 Å². The molecule has 1 aromatic rings. The van der Waals surface area contributed by atoms with Crippen LogP contribution in [-0.2, 0) is 10.0 Å². The molecular formula is C13H20Br2N2O2S. The summed E-state index contributed by atoms with van der Waals surface area (Å²) in [5.41, 5.74) is 6.22. The van der Waals surface area contributed by atoms with Gasteiger partial charge in [0.15, 0.2) is 0 Å². The van der Waals surface area contributed by atoms with E-state index in [1.54, 1.807) is 12.1 Å². The molecule has 0 heterocycles. The van der Waals surface area contributed by atoms with Crippen LogP contribution in [0.4, 0.5) is 5.69 Å². The van der Waals surface area contributed by atoms with E-state index in [4.69, 9.17) is 5.73 Å². The molecule has 1 aromatic carbocycles. The third-order valence-corrected chi connectivity index (χ3v) is 7.00. The van der Waals surface area contributed by atoms with Crippen molar-refractivity contribution in [1.29, 1.82) is 0 Å². The number of sulfonamides is 1. The number of nitrogen functional groups attached to an aromatic ring is 1. The van der Waals surface area contributed by atoms with Crippen LogP contribution in [-0.4, -0.2) is 25.8 Å². The molecule has 0 aliphatic carbocycles. The minimum Gasteiger partial charge on any atom is -0.399 e. The van der Waals surface area contributed by atoms with Gasteiger partial charge in [0, 0.05) is 27.7 Å². The van der Waals surface area contributed by atoms with E-state index in [-0.39, 0.29) is 4.90 Å². The maximum atomic E-state index is 12.8. The summed E-state index contributed by atoms with van der Waals surface area (Å²) in [6, 6.07) is 3.21. The van der Waals surface area contributed by atoms with Gasteiger partial charge in [-0.2, -0.15) is 4.31 Å². The molecule has 0 aliphatic rings. The monoisotopic (exact) mass is 426 g/mol. The first-order valence-electron chi connectivity index (χ1n) is 6.48. The average Bonchev–Trinajstić information content (AvgIpc) is 2.33. The van der Waals surface area contributed by atoms with Gasteiger partial charge in [0.1, 0.15) is 4.90 Å². The summed E-state index contributed by atoms with van der Waals surface area (Å²) in [5.74, 6) is 0.316. The van der Waals surface area contributed by atoms with E-state index in [0.29, 0.717) is 33.6 Å². The summed E-state index contributed by atoms with van der Waals surface area (Å²) < 4.78 is 28.0. The molecule has 0 aromatic heterocycles. The van der Waals surface area contributed by atoms with Crippen LogP contribution in [0.25, 0.3) is 0 Å². The van der Waals surface area contributed by atoms with Crippen LogP contribution in [0.5, 0.6) is 0 Å². The van der Waals surface area contributed by atoms with Crippen LogP contribution in [0, 0.1) is 5.92 Å². The summed E-state index contributed by atoms with van der Waals surface area (Å²) in [6.07, 6.45) is 0.941. The molecule has 2 N–H and O–H groups in total. The summed E-state index contributed by atoms with van der Waals surface area (Å²) in [4.78, 5) is 0.233. The molecule has 0 amide bonds. The van der Waals surface area contributed by atoms with Crippen LogP contribution < -0.4 is 5.73 Å². The van der Waals surface area contributed by atoms with Crippen molar-refractivity contribution in [3.8, 4) is 0 Å². The Hall–Kier alpha value is -0.110. The van der Waals surface area contributed by atoms with Gasteiger partial charge in [-0.3, -0.25) is 0 Å². The number of nitrogens with zero attached hydrogens (tertiary/aromatic N) is 1. The highest BCUT2D eigenvalue weighted by Crippen LogP contribution is 2.34. The number of hydrogen-bond donors (Lipinski definition) is 1. The molecule has 4 nitrogen and oxygen atoms in total. The minimum absolute atomic E-state index is 0.233. The van der Waals surface area contributed by atoms with Crippen LogP contribution in [0.1, 0.15) is 27.2 Å². The number of rotatable bonds is 6. The fraction of sp³-hybridized carbons (Fsp3) is 0.538. The highest BCUT2D eigenvalue weighted by molar-refractivity contribution is 9.11. The summed E-state index contributed by atoms with van der Waals surface area (Å²) in [7, 11) is -3.55. The zero-order valence-electron chi connectivity index (χ0n) is 11.9. The molecule has 1 atom stereocenters. The second-order valence-corrected chi connectivity index (χ2v) is 8.37. The molecule has 0 fully saturated rings. The van der Waals surface area contributed by atoms with E-state index >= 15 is 0 Å². The third kappa shape index (κ3) is 3.96. The highest BCUT2D eigenvalue weighted by atomic mass is 79.9. The summed E-state index contributed by atoms with van der Waals surface area (Å²) in [5, 5.41) is 0. The van der Waals surface area contributed by atoms with E-state index in [0.717, 1.165) is 6.42 Å². The Labute approximate surface area is 138 Å². The molecule has 20 heavy (non-hydrogen) atoms. The van der Waals surface area contributed by atoms with E-state index in [1.165, 1.54) is 4.31 Å². The third-order valence-electron chi connectivity index (χ3n) is 3.18. The van der Waals surface area contributed by atoms with Crippen molar-refractivity contribution in [3.05, 3.63) is 21.1 Å². The lowest BCUT2D eigenvalue weighted by Crippen LogP contribution is -2.35. The fourth-order valence-corrected chi connectivity index (χ4v) is 5.94. The first kappa shape index (κ1) is 17.9. The van der Waals surface area contributed by atoms with Crippen LogP contribution in [0.15, 0.2) is 26.0 Å². The lowest BCUT2D eigenvalue weighted by molar-refractivity contribution is 0.361. The molecule has 1 rings (SSSR count). The quantitative estimate of drug-likeness (QED) is 0.701. The fourth-order valence-electron chi connectivity index (χ4n) is 1.83. The van der Waals surface area contributed by atoms with Gasteiger partial charge in [-0.1, -0.05) is 27.2 Å². The molecular weight excluding hydrogens is 408 g/mol. The van der Waals surface area contributed by atoms with Crippen molar-refractivity contribution in [2.75, 3.05) is 18.8 Å². The maximum absolute atomic E-state index is 12.8. The predicted molar refractivity (Wildman–Crippen MR) is 90.1 cm³/mol. The molecule has 0 saturated heterocycles. The topological polar surface area (TPSA) is 63.4 Å². The van der Waals surface area contributed by atoms with E-state index in [1.807, 2.05) is 13.8 Å². The SMILES string of the molecule is CCC(C)CN(CC)S(=O)(=O)c1c(Br)cc(N)cc1Br. The van der Waals surface area contributed by atoms with Crippen molar-refractivity contribution >= 4 is 47.6 Å². The Kier molecular flexibility index (Phi) is 6.50. The van der Waals surface area contributed by atoms with Gasteiger partial charge in [0.25, 0.3) is 0 Å². The Morgan fingerprint density at radius 3 is 2.15 bits per heavy atom. The predicted octanol–water partition coefficient (Wildman–Crippen LogP) is 3.85. The van der Waals surface area contributed by atoms with Gasteiger partial charge in [-0.05, 0) is 49.9 Å². The average molecular weight is 428 g/mol. The molecule has 114 valence electrons. The molecule has 0 saturated carbocycles. The first-order valence-corrected chi connectivity index (χ1v) is 9.51. The van der Waals surface area contributed by atoms with E-state index < -0.39 is 10.0 Å². The van der Waals surface area contributed by atoms with Crippen molar-refractivity contribution in [2.24, 2.45) is 5.92 Å². The summed E-state index contributed by atoms with van der Waals surface area (Å²) >= 11 is 6.60. The van der Waals surface area contributed by atoms with Gasteiger partial charge in [-0.15, -0.1) is 0 Å². The molecule has 1 unspecified atom stereocenters. The van der Waals surface area contributed by atoms with Crippen molar-refractivity contribution < 1.29 is 8.42 Å². The van der Waals surface area contributed by atoms with E-state index in [9.17, 15) is 8.42 Å². The maximum Gasteiger partial charge on any atom is 0.245 e. The molecule has 7 heteroatoms. The molecule has 0 spiro atoms.